The minimum absolute atomic E-state index is 0.140. The molecular weight excluding hydrogens is 326 g/mol. The summed E-state index contributed by atoms with van der Waals surface area (Å²) in [5.41, 5.74) is -0.565. The molecule has 1 rings (SSSR count). The molecule has 1 amide bonds. The summed E-state index contributed by atoms with van der Waals surface area (Å²) >= 11 is 0. The Kier molecular flexibility index (Phi) is 6.89. The Bertz CT molecular complexity index is 428. The zero-order valence-electron chi connectivity index (χ0n) is 16.4. The van der Waals surface area contributed by atoms with Gasteiger partial charge in [0.25, 0.3) is 0 Å². The van der Waals surface area contributed by atoms with Crippen molar-refractivity contribution in [2.24, 2.45) is 0 Å². The number of aliphatic hydroxyl groups is 1. The molecule has 1 unspecified atom stereocenters. The number of rotatable bonds is 4. The van der Waals surface area contributed by atoms with Crippen molar-refractivity contribution >= 4 is 14.4 Å². The van der Waals surface area contributed by atoms with Gasteiger partial charge in [-0.3, -0.25) is 0 Å². The van der Waals surface area contributed by atoms with Gasteiger partial charge in [-0.25, -0.2) is 4.79 Å². The normalized spacial score (nSPS) is 26.1. The van der Waals surface area contributed by atoms with E-state index in [1.54, 1.807) is 20.8 Å². The van der Waals surface area contributed by atoms with E-state index in [4.69, 9.17) is 13.9 Å². The smallest absolute Gasteiger partial charge is 0.408 e. The first-order valence-corrected chi connectivity index (χ1v) is 11.6. The Morgan fingerprint density at radius 1 is 1.25 bits per heavy atom. The number of nitrogens with one attached hydrogen (secondary N) is 1. The summed E-state index contributed by atoms with van der Waals surface area (Å²) in [5.74, 6) is 0. The number of ether oxygens (including phenoxy) is 2. The van der Waals surface area contributed by atoms with Crippen molar-refractivity contribution in [2.45, 2.75) is 89.9 Å². The number of hydrogen-bond donors (Lipinski definition) is 2. The van der Waals surface area contributed by atoms with Crippen molar-refractivity contribution in [2.75, 3.05) is 13.2 Å². The molecule has 0 saturated carbocycles. The molecular formula is C17H35NO5Si. The largest absolute Gasteiger partial charge is 0.444 e. The number of alkyl carbamates (subject to hydrolysis) is 1. The number of hydrogen-bond acceptors (Lipinski definition) is 5. The Morgan fingerprint density at radius 2 is 1.83 bits per heavy atom. The van der Waals surface area contributed by atoms with Crippen LogP contribution in [0.4, 0.5) is 4.79 Å². The molecule has 0 radical (unpaired) electrons. The minimum atomic E-state index is -1.83. The van der Waals surface area contributed by atoms with E-state index in [-0.39, 0.29) is 17.7 Å². The molecule has 6 nitrogen and oxygen atoms in total. The summed E-state index contributed by atoms with van der Waals surface area (Å²) in [6, 6.07) is -0.455. The van der Waals surface area contributed by atoms with E-state index in [0.717, 1.165) is 0 Å². The van der Waals surface area contributed by atoms with E-state index < -0.39 is 32.2 Å². The molecule has 7 heteroatoms. The number of carbonyl (C=O) groups excluding carboxylic acids is 1. The lowest BCUT2D eigenvalue weighted by molar-refractivity contribution is -0.0817. The first-order valence-electron chi connectivity index (χ1n) is 8.64. The van der Waals surface area contributed by atoms with Crippen molar-refractivity contribution in [1.29, 1.82) is 0 Å². The van der Waals surface area contributed by atoms with Gasteiger partial charge in [0.15, 0.2) is 8.32 Å². The van der Waals surface area contributed by atoms with Gasteiger partial charge in [-0.1, -0.05) is 20.8 Å². The topological polar surface area (TPSA) is 77.0 Å². The van der Waals surface area contributed by atoms with Crippen LogP contribution >= 0.6 is 0 Å². The maximum Gasteiger partial charge on any atom is 0.408 e. The quantitative estimate of drug-likeness (QED) is 0.753. The van der Waals surface area contributed by atoms with Gasteiger partial charge in [0, 0.05) is 6.42 Å². The SMILES string of the molecule is CC(C)(C)OC(=O)N[C@H]1CO[C@H](CO[Si](C)(C)C(C)(C)C)CC1O. The Labute approximate surface area is 147 Å². The fraction of sp³-hybridized carbons (Fsp3) is 0.941. The maximum absolute atomic E-state index is 11.8. The molecule has 0 spiro atoms. The van der Waals surface area contributed by atoms with E-state index in [2.05, 4.69) is 39.2 Å². The molecule has 1 aliphatic rings. The summed E-state index contributed by atoms with van der Waals surface area (Å²) in [6.45, 7) is 17.1. The van der Waals surface area contributed by atoms with Crippen molar-refractivity contribution in [1.82, 2.24) is 5.32 Å². The van der Waals surface area contributed by atoms with Crippen molar-refractivity contribution < 1.29 is 23.8 Å². The third kappa shape index (κ3) is 6.70. The summed E-state index contributed by atoms with van der Waals surface area (Å²) in [7, 11) is -1.83. The second-order valence-corrected chi connectivity index (χ2v) is 13.9. The van der Waals surface area contributed by atoms with Crippen LogP contribution in [0, 0.1) is 0 Å². The number of carbonyl (C=O) groups is 1. The molecule has 1 aliphatic heterocycles. The van der Waals surface area contributed by atoms with E-state index in [9.17, 15) is 9.90 Å². The average Bonchev–Trinajstić information content (AvgIpc) is 2.36. The Hall–Kier alpha value is -0.633. The van der Waals surface area contributed by atoms with Gasteiger partial charge in [0.1, 0.15) is 5.60 Å². The van der Waals surface area contributed by atoms with E-state index in [0.29, 0.717) is 13.0 Å². The summed E-state index contributed by atoms with van der Waals surface area (Å²) in [5, 5.41) is 13.1. The third-order valence-corrected chi connectivity index (χ3v) is 9.12. The van der Waals surface area contributed by atoms with Gasteiger partial charge in [0.2, 0.25) is 0 Å². The van der Waals surface area contributed by atoms with Crippen LogP contribution in [0.25, 0.3) is 0 Å². The van der Waals surface area contributed by atoms with Gasteiger partial charge in [-0.05, 0) is 38.9 Å². The molecule has 0 bridgehead atoms. The van der Waals surface area contributed by atoms with Crippen molar-refractivity contribution in [3.8, 4) is 0 Å². The molecule has 0 aromatic heterocycles. The summed E-state index contributed by atoms with van der Waals surface area (Å²) in [6.07, 6.45) is -0.911. The standard InChI is InChI=1S/C17H35NO5Si/c1-16(2,3)23-15(20)18-13-11-21-12(9-14(13)19)10-22-24(7,8)17(4,5)6/h12-14,19H,9-11H2,1-8H3,(H,18,20)/t12-,13-,14?/m0/s1. The van der Waals surface area contributed by atoms with E-state index in [1.165, 1.54) is 0 Å². The lowest BCUT2D eigenvalue weighted by Crippen LogP contribution is -2.54. The average molecular weight is 362 g/mol. The molecule has 0 aliphatic carbocycles. The van der Waals surface area contributed by atoms with Crippen LogP contribution < -0.4 is 5.32 Å². The van der Waals surface area contributed by atoms with E-state index >= 15 is 0 Å². The summed E-state index contributed by atoms with van der Waals surface area (Å²) in [4.78, 5) is 11.8. The van der Waals surface area contributed by atoms with Crippen molar-refractivity contribution in [3.05, 3.63) is 0 Å². The number of aliphatic hydroxyl groups excluding tert-OH is 1. The molecule has 0 aromatic carbocycles. The molecule has 3 atom stereocenters. The zero-order chi connectivity index (χ0) is 18.8. The molecule has 2 N–H and O–H groups in total. The van der Waals surface area contributed by atoms with Gasteiger partial charge in [-0.15, -0.1) is 0 Å². The molecule has 1 saturated heterocycles. The molecule has 0 aromatic rings. The lowest BCUT2D eigenvalue weighted by Gasteiger charge is -2.39. The van der Waals surface area contributed by atoms with Crippen LogP contribution in [-0.4, -0.2) is 56.6 Å². The fourth-order valence-electron chi connectivity index (χ4n) is 2.08. The van der Waals surface area contributed by atoms with Crippen LogP contribution in [0.2, 0.25) is 18.1 Å². The van der Waals surface area contributed by atoms with Gasteiger partial charge in [-0.2, -0.15) is 0 Å². The Balaban J connectivity index is 2.45. The van der Waals surface area contributed by atoms with Gasteiger partial charge >= 0.3 is 6.09 Å². The predicted octanol–water partition coefficient (Wildman–Crippen LogP) is 3.05. The molecule has 24 heavy (non-hydrogen) atoms. The van der Waals surface area contributed by atoms with Crippen LogP contribution in [0.5, 0.6) is 0 Å². The van der Waals surface area contributed by atoms with E-state index in [1.807, 2.05) is 0 Å². The highest BCUT2D eigenvalue weighted by Gasteiger charge is 2.39. The lowest BCUT2D eigenvalue weighted by atomic mass is 10.0. The maximum atomic E-state index is 11.8. The highest BCUT2D eigenvalue weighted by molar-refractivity contribution is 6.74. The fourth-order valence-corrected chi connectivity index (χ4v) is 3.12. The summed E-state index contributed by atoms with van der Waals surface area (Å²) < 4.78 is 17.1. The molecule has 142 valence electrons. The van der Waals surface area contributed by atoms with Crippen molar-refractivity contribution in [3.63, 3.8) is 0 Å². The second kappa shape index (κ2) is 7.72. The highest BCUT2D eigenvalue weighted by Crippen LogP contribution is 2.36. The first kappa shape index (κ1) is 21.4. The number of amides is 1. The van der Waals surface area contributed by atoms with Gasteiger partial charge in [0.05, 0.1) is 31.5 Å². The first-order chi connectivity index (χ1) is 10.7. The second-order valence-electron chi connectivity index (χ2n) is 9.08. The van der Waals surface area contributed by atoms with Crippen LogP contribution in [0.3, 0.4) is 0 Å². The van der Waals surface area contributed by atoms with Crippen LogP contribution in [-0.2, 0) is 13.9 Å². The monoisotopic (exact) mass is 361 g/mol. The molecule has 1 fully saturated rings. The third-order valence-electron chi connectivity index (χ3n) is 4.62. The van der Waals surface area contributed by atoms with Gasteiger partial charge < -0.3 is 24.3 Å². The van der Waals surface area contributed by atoms with Crippen LogP contribution in [0.15, 0.2) is 0 Å². The Morgan fingerprint density at radius 3 is 2.29 bits per heavy atom. The highest BCUT2D eigenvalue weighted by atomic mass is 28.4. The minimum Gasteiger partial charge on any atom is -0.444 e. The zero-order valence-corrected chi connectivity index (χ0v) is 17.4. The van der Waals surface area contributed by atoms with Crippen LogP contribution in [0.1, 0.15) is 48.0 Å². The molecule has 1 heterocycles. The predicted molar refractivity (Wildman–Crippen MR) is 96.7 cm³/mol.